The summed E-state index contributed by atoms with van der Waals surface area (Å²) in [5.74, 6) is 0.804. The second-order valence-corrected chi connectivity index (χ2v) is 6.30. The van der Waals surface area contributed by atoms with Crippen molar-refractivity contribution in [2.24, 2.45) is 0 Å². The molecule has 1 heterocycles. The van der Waals surface area contributed by atoms with Crippen molar-refractivity contribution >= 4 is 11.3 Å². The van der Waals surface area contributed by atoms with Crippen LogP contribution in [0.4, 0.5) is 0 Å². The number of hydrogen-bond donors (Lipinski definition) is 2. The van der Waals surface area contributed by atoms with Crippen LogP contribution in [0.25, 0.3) is 0 Å². The van der Waals surface area contributed by atoms with Crippen LogP contribution in [0.1, 0.15) is 15.3 Å². The lowest BCUT2D eigenvalue weighted by Gasteiger charge is -2.13. The Morgan fingerprint density at radius 1 is 1.25 bits per heavy atom. The average molecular weight is 291 g/mol. The first-order valence-corrected chi connectivity index (χ1v) is 7.58. The van der Waals surface area contributed by atoms with E-state index in [0.717, 1.165) is 17.9 Å². The highest BCUT2D eigenvalue weighted by Gasteiger charge is 2.05. The fourth-order valence-corrected chi connectivity index (χ4v) is 2.76. The molecule has 0 bridgehead atoms. The minimum Gasteiger partial charge on any atom is -0.491 e. The number of rotatable bonds is 7. The molecule has 1 aromatic carbocycles. The molecule has 2 rings (SSSR count). The van der Waals surface area contributed by atoms with Crippen LogP contribution in [0, 0.1) is 13.8 Å². The summed E-state index contributed by atoms with van der Waals surface area (Å²) in [7, 11) is 0. The van der Waals surface area contributed by atoms with Crippen molar-refractivity contribution in [1.82, 2.24) is 5.32 Å². The lowest BCUT2D eigenvalue weighted by Crippen LogP contribution is -2.30. The maximum absolute atomic E-state index is 9.88. The van der Waals surface area contributed by atoms with Crippen LogP contribution >= 0.6 is 11.3 Å². The molecule has 2 aromatic rings. The highest BCUT2D eigenvalue weighted by atomic mass is 32.1. The Morgan fingerprint density at radius 2 is 2.10 bits per heavy atom. The summed E-state index contributed by atoms with van der Waals surface area (Å²) in [4.78, 5) is 2.60. The van der Waals surface area contributed by atoms with Crippen molar-refractivity contribution in [3.8, 4) is 5.75 Å². The highest BCUT2D eigenvalue weighted by molar-refractivity contribution is 7.11. The van der Waals surface area contributed by atoms with Gasteiger partial charge in [0.05, 0.1) is 0 Å². The van der Waals surface area contributed by atoms with Crippen LogP contribution in [-0.2, 0) is 6.54 Å². The predicted molar refractivity (Wildman–Crippen MR) is 83.4 cm³/mol. The Hall–Kier alpha value is -1.36. The molecular formula is C16H21NO2S. The SMILES string of the molecule is Cc1cccc(OCC(O)CNCc2ccc(C)s2)c1. The van der Waals surface area contributed by atoms with Crippen molar-refractivity contribution in [2.45, 2.75) is 26.5 Å². The van der Waals surface area contributed by atoms with Gasteiger partial charge in [-0.25, -0.2) is 0 Å². The molecule has 0 spiro atoms. The van der Waals surface area contributed by atoms with Crippen molar-refractivity contribution in [2.75, 3.05) is 13.2 Å². The minimum atomic E-state index is -0.503. The molecule has 0 radical (unpaired) electrons. The second kappa shape index (κ2) is 7.43. The number of ether oxygens (including phenoxy) is 1. The molecule has 4 heteroatoms. The molecule has 1 aromatic heterocycles. The van der Waals surface area contributed by atoms with Gasteiger partial charge < -0.3 is 15.2 Å². The summed E-state index contributed by atoms with van der Waals surface area (Å²) in [5, 5.41) is 13.1. The van der Waals surface area contributed by atoms with Crippen LogP contribution in [0.3, 0.4) is 0 Å². The third kappa shape index (κ3) is 4.96. The zero-order valence-corrected chi connectivity index (χ0v) is 12.7. The second-order valence-electron chi connectivity index (χ2n) is 4.92. The Bertz CT molecular complexity index is 539. The highest BCUT2D eigenvalue weighted by Crippen LogP contribution is 2.14. The topological polar surface area (TPSA) is 41.5 Å². The molecule has 0 saturated heterocycles. The summed E-state index contributed by atoms with van der Waals surface area (Å²) in [6.45, 7) is 5.75. The van der Waals surface area contributed by atoms with E-state index in [1.807, 2.05) is 31.2 Å². The van der Waals surface area contributed by atoms with Gasteiger partial charge in [-0.2, -0.15) is 0 Å². The molecule has 0 saturated carbocycles. The van der Waals surface area contributed by atoms with Crippen LogP contribution in [-0.4, -0.2) is 24.4 Å². The first kappa shape index (κ1) is 15.0. The molecule has 0 aliphatic carbocycles. The number of nitrogens with one attached hydrogen (secondary N) is 1. The van der Waals surface area contributed by atoms with E-state index in [1.165, 1.54) is 9.75 Å². The fraction of sp³-hybridized carbons (Fsp3) is 0.375. The smallest absolute Gasteiger partial charge is 0.119 e. The van der Waals surface area contributed by atoms with Gasteiger partial charge in [0.15, 0.2) is 0 Å². The summed E-state index contributed by atoms with van der Waals surface area (Å²) in [6, 6.07) is 12.1. The molecule has 20 heavy (non-hydrogen) atoms. The fourth-order valence-electron chi connectivity index (χ4n) is 1.90. The lowest BCUT2D eigenvalue weighted by molar-refractivity contribution is 0.106. The Morgan fingerprint density at radius 3 is 2.80 bits per heavy atom. The van der Waals surface area contributed by atoms with Crippen molar-refractivity contribution in [1.29, 1.82) is 0 Å². The quantitative estimate of drug-likeness (QED) is 0.824. The zero-order valence-electron chi connectivity index (χ0n) is 11.9. The average Bonchev–Trinajstić information content (AvgIpc) is 2.82. The van der Waals surface area contributed by atoms with Crippen molar-refractivity contribution in [3.63, 3.8) is 0 Å². The molecule has 2 N–H and O–H groups in total. The van der Waals surface area contributed by atoms with Crippen LogP contribution < -0.4 is 10.1 Å². The van der Waals surface area contributed by atoms with E-state index < -0.39 is 6.10 Å². The van der Waals surface area contributed by atoms with Crippen LogP contribution in [0.2, 0.25) is 0 Å². The van der Waals surface area contributed by atoms with Gasteiger partial charge in [0, 0.05) is 22.8 Å². The largest absolute Gasteiger partial charge is 0.491 e. The van der Waals surface area contributed by atoms with Gasteiger partial charge in [0.2, 0.25) is 0 Å². The van der Waals surface area contributed by atoms with Gasteiger partial charge in [-0.3, -0.25) is 0 Å². The van der Waals surface area contributed by atoms with Gasteiger partial charge in [0.1, 0.15) is 18.5 Å². The summed E-state index contributed by atoms with van der Waals surface area (Å²) < 4.78 is 5.57. The molecule has 0 amide bonds. The number of benzene rings is 1. The van der Waals surface area contributed by atoms with E-state index >= 15 is 0 Å². The van der Waals surface area contributed by atoms with E-state index in [2.05, 4.69) is 24.4 Å². The Balaban J connectivity index is 1.66. The van der Waals surface area contributed by atoms with Gasteiger partial charge >= 0.3 is 0 Å². The molecule has 1 unspecified atom stereocenters. The van der Waals surface area contributed by atoms with Gasteiger partial charge in [0.25, 0.3) is 0 Å². The molecule has 108 valence electrons. The molecular weight excluding hydrogens is 270 g/mol. The number of hydrogen-bond acceptors (Lipinski definition) is 4. The molecule has 3 nitrogen and oxygen atoms in total. The number of aliphatic hydroxyl groups is 1. The first-order valence-electron chi connectivity index (χ1n) is 6.77. The zero-order chi connectivity index (χ0) is 14.4. The van der Waals surface area contributed by atoms with E-state index in [4.69, 9.17) is 4.74 Å². The third-order valence-corrected chi connectivity index (χ3v) is 3.91. The van der Waals surface area contributed by atoms with Crippen molar-refractivity contribution < 1.29 is 9.84 Å². The maximum Gasteiger partial charge on any atom is 0.119 e. The molecule has 1 atom stereocenters. The van der Waals surface area contributed by atoms with Crippen LogP contribution in [0.5, 0.6) is 5.75 Å². The molecule has 0 fully saturated rings. The summed E-state index contributed by atoms with van der Waals surface area (Å²) in [6.07, 6.45) is -0.503. The number of thiophene rings is 1. The van der Waals surface area contributed by atoms with Gasteiger partial charge in [-0.05, 0) is 43.7 Å². The lowest BCUT2D eigenvalue weighted by atomic mass is 10.2. The number of aryl methyl sites for hydroxylation is 2. The predicted octanol–water partition coefficient (Wildman–Crippen LogP) is 2.89. The van der Waals surface area contributed by atoms with E-state index in [0.29, 0.717) is 13.2 Å². The van der Waals surface area contributed by atoms with Gasteiger partial charge in [-0.1, -0.05) is 12.1 Å². The van der Waals surface area contributed by atoms with E-state index in [1.54, 1.807) is 11.3 Å². The number of aliphatic hydroxyl groups excluding tert-OH is 1. The Labute approximate surface area is 124 Å². The normalized spacial score (nSPS) is 12.3. The summed E-state index contributed by atoms with van der Waals surface area (Å²) in [5.41, 5.74) is 1.16. The maximum atomic E-state index is 9.88. The molecule has 0 aliphatic rings. The standard InChI is InChI=1S/C16H21NO2S/c1-12-4-3-5-15(8-12)19-11-14(18)9-17-10-16-7-6-13(2)20-16/h3-8,14,17-18H,9-11H2,1-2H3. The first-order chi connectivity index (χ1) is 9.63. The van der Waals surface area contributed by atoms with Crippen molar-refractivity contribution in [3.05, 3.63) is 51.7 Å². The van der Waals surface area contributed by atoms with Gasteiger partial charge in [-0.15, -0.1) is 11.3 Å². The van der Waals surface area contributed by atoms with E-state index in [-0.39, 0.29) is 0 Å². The Kier molecular flexibility index (Phi) is 5.59. The monoisotopic (exact) mass is 291 g/mol. The minimum absolute atomic E-state index is 0.305. The summed E-state index contributed by atoms with van der Waals surface area (Å²) >= 11 is 1.78. The molecule has 0 aliphatic heterocycles. The van der Waals surface area contributed by atoms with E-state index in [9.17, 15) is 5.11 Å². The van der Waals surface area contributed by atoms with Crippen LogP contribution in [0.15, 0.2) is 36.4 Å². The third-order valence-electron chi connectivity index (χ3n) is 2.91.